The van der Waals surface area contributed by atoms with Crippen molar-refractivity contribution in [2.75, 3.05) is 25.0 Å². The van der Waals surface area contributed by atoms with Crippen LogP contribution < -0.4 is 16.1 Å². The standard InChI is InChI=1S/C24H40BN5O5/c1-16(29-21(32)33-22(2,3)4)19(31)30-11-9-10-17(15-30)12-26-20-27-13-18(14-28-20)25-34-23(5,6)24(7,8)35-25/h13-14,16-17H,9-12,15H2,1-8H3,(H,29,32)(H,26,27,28). The second kappa shape index (κ2) is 10.3. The summed E-state index contributed by atoms with van der Waals surface area (Å²) in [5.74, 6) is 0.671. The minimum atomic E-state index is -0.651. The SMILES string of the molecule is CC(NC(=O)OC(C)(C)C)C(=O)N1CCCC(CNc2ncc(B3OC(C)(C)C(C)(C)O3)cn2)C1. The highest BCUT2D eigenvalue weighted by atomic mass is 16.7. The van der Waals surface area contributed by atoms with Crippen molar-refractivity contribution in [2.24, 2.45) is 5.92 Å². The second-order valence-electron chi connectivity index (χ2n) is 11.5. The number of hydrogen-bond acceptors (Lipinski definition) is 8. The molecule has 2 aliphatic rings. The quantitative estimate of drug-likeness (QED) is 0.586. The van der Waals surface area contributed by atoms with Crippen LogP contribution in [0.5, 0.6) is 0 Å². The molecule has 194 valence electrons. The van der Waals surface area contributed by atoms with Gasteiger partial charge < -0.3 is 29.6 Å². The predicted molar refractivity (Wildman–Crippen MR) is 134 cm³/mol. The van der Waals surface area contributed by atoms with Crippen molar-refractivity contribution in [3.05, 3.63) is 12.4 Å². The van der Waals surface area contributed by atoms with Crippen LogP contribution in [0.3, 0.4) is 0 Å². The van der Waals surface area contributed by atoms with Crippen LogP contribution in [-0.4, -0.2) is 76.5 Å². The summed E-state index contributed by atoms with van der Waals surface area (Å²) >= 11 is 0. The fraction of sp³-hybridized carbons (Fsp3) is 0.750. The molecule has 2 N–H and O–H groups in total. The summed E-state index contributed by atoms with van der Waals surface area (Å²) < 4.78 is 17.4. The van der Waals surface area contributed by atoms with Gasteiger partial charge in [0, 0.05) is 37.5 Å². The first-order chi connectivity index (χ1) is 16.2. The highest BCUT2D eigenvalue weighted by Gasteiger charge is 2.52. The Hall–Kier alpha value is -2.40. The summed E-state index contributed by atoms with van der Waals surface area (Å²) in [6.07, 6.45) is 4.75. The smallest absolute Gasteiger partial charge is 0.444 e. The molecule has 2 amide bonds. The molecular weight excluding hydrogens is 449 g/mol. The van der Waals surface area contributed by atoms with Crippen molar-refractivity contribution in [2.45, 2.75) is 91.1 Å². The van der Waals surface area contributed by atoms with E-state index < -0.39 is 36.1 Å². The summed E-state index contributed by atoms with van der Waals surface area (Å²) in [5.41, 5.74) is -0.674. The lowest BCUT2D eigenvalue weighted by molar-refractivity contribution is -0.134. The Kier molecular flexibility index (Phi) is 8.01. The van der Waals surface area contributed by atoms with Crippen molar-refractivity contribution >= 4 is 30.5 Å². The van der Waals surface area contributed by atoms with Gasteiger partial charge in [0.1, 0.15) is 11.6 Å². The van der Waals surface area contributed by atoms with Gasteiger partial charge in [0.2, 0.25) is 11.9 Å². The summed E-state index contributed by atoms with van der Waals surface area (Å²) in [6, 6.07) is -0.651. The van der Waals surface area contributed by atoms with E-state index in [4.69, 9.17) is 14.0 Å². The van der Waals surface area contributed by atoms with Gasteiger partial charge in [-0.1, -0.05) is 0 Å². The highest BCUT2D eigenvalue weighted by molar-refractivity contribution is 6.61. The Morgan fingerprint density at radius 3 is 2.37 bits per heavy atom. The average Bonchev–Trinajstić information content (AvgIpc) is 2.97. The Labute approximate surface area is 209 Å². The van der Waals surface area contributed by atoms with Crippen molar-refractivity contribution in [1.29, 1.82) is 0 Å². The number of likely N-dealkylation sites (tertiary alicyclic amines) is 1. The van der Waals surface area contributed by atoms with Crippen LogP contribution in [0.2, 0.25) is 0 Å². The van der Waals surface area contributed by atoms with Gasteiger partial charge in [0.15, 0.2) is 0 Å². The molecule has 2 saturated heterocycles. The van der Waals surface area contributed by atoms with E-state index >= 15 is 0 Å². The van der Waals surface area contributed by atoms with E-state index in [0.717, 1.165) is 18.3 Å². The first-order valence-corrected chi connectivity index (χ1v) is 12.4. The number of ether oxygens (including phenoxy) is 1. The van der Waals surface area contributed by atoms with E-state index in [1.807, 2.05) is 27.7 Å². The summed E-state index contributed by atoms with van der Waals surface area (Å²) in [7, 11) is -0.497. The largest absolute Gasteiger partial charge is 0.498 e. The van der Waals surface area contributed by atoms with Gasteiger partial charge in [-0.25, -0.2) is 14.8 Å². The van der Waals surface area contributed by atoms with E-state index in [0.29, 0.717) is 25.6 Å². The molecule has 2 unspecified atom stereocenters. The number of hydrogen-bond donors (Lipinski definition) is 2. The molecule has 0 saturated carbocycles. The van der Waals surface area contributed by atoms with Crippen LogP contribution in [0.15, 0.2) is 12.4 Å². The van der Waals surface area contributed by atoms with Gasteiger partial charge in [0.25, 0.3) is 0 Å². The molecule has 0 aliphatic carbocycles. The monoisotopic (exact) mass is 489 g/mol. The van der Waals surface area contributed by atoms with Crippen LogP contribution in [0.25, 0.3) is 0 Å². The molecule has 3 rings (SSSR count). The fourth-order valence-electron chi connectivity index (χ4n) is 4.02. The molecule has 0 radical (unpaired) electrons. The average molecular weight is 489 g/mol. The van der Waals surface area contributed by atoms with E-state index in [-0.39, 0.29) is 11.8 Å². The van der Waals surface area contributed by atoms with E-state index in [1.165, 1.54) is 0 Å². The summed E-state index contributed by atoms with van der Waals surface area (Å²) in [4.78, 5) is 35.5. The zero-order chi connectivity index (χ0) is 26.0. The van der Waals surface area contributed by atoms with Crippen molar-refractivity contribution in [1.82, 2.24) is 20.2 Å². The first-order valence-electron chi connectivity index (χ1n) is 12.4. The van der Waals surface area contributed by atoms with E-state index in [9.17, 15) is 9.59 Å². The molecule has 1 aromatic heterocycles. The Morgan fingerprint density at radius 2 is 1.80 bits per heavy atom. The second-order valence-corrected chi connectivity index (χ2v) is 11.5. The zero-order valence-corrected chi connectivity index (χ0v) is 22.3. The number of amides is 2. The number of rotatable bonds is 6. The topological polar surface area (TPSA) is 115 Å². The maximum atomic E-state index is 12.9. The number of aromatic nitrogens is 2. The minimum Gasteiger partial charge on any atom is -0.444 e. The van der Waals surface area contributed by atoms with Crippen LogP contribution in [0.4, 0.5) is 10.7 Å². The summed E-state index contributed by atoms with van der Waals surface area (Å²) in [5, 5.41) is 5.92. The third kappa shape index (κ3) is 7.07. The van der Waals surface area contributed by atoms with Gasteiger partial charge in [-0.15, -0.1) is 0 Å². The maximum absolute atomic E-state index is 12.9. The zero-order valence-electron chi connectivity index (χ0n) is 22.3. The lowest BCUT2D eigenvalue weighted by Gasteiger charge is -2.34. The third-order valence-corrected chi connectivity index (χ3v) is 6.68. The Morgan fingerprint density at radius 1 is 1.20 bits per heavy atom. The Balaban J connectivity index is 1.48. The van der Waals surface area contributed by atoms with E-state index in [1.54, 1.807) is 45.0 Å². The molecule has 1 aromatic rings. The molecule has 2 fully saturated rings. The van der Waals surface area contributed by atoms with Crippen LogP contribution >= 0.6 is 0 Å². The number of carbonyl (C=O) groups is 2. The minimum absolute atomic E-state index is 0.108. The lowest BCUT2D eigenvalue weighted by atomic mass is 9.81. The van der Waals surface area contributed by atoms with Gasteiger partial charge in [0.05, 0.1) is 11.2 Å². The number of nitrogens with zero attached hydrogens (tertiary/aromatic N) is 3. The molecule has 35 heavy (non-hydrogen) atoms. The number of alkyl carbamates (subject to hydrolysis) is 1. The third-order valence-electron chi connectivity index (χ3n) is 6.68. The van der Waals surface area contributed by atoms with Crippen LogP contribution in [-0.2, 0) is 18.8 Å². The summed E-state index contributed by atoms with van der Waals surface area (Å²) in [6.45, 7) is 17.0. The van der Waals surface area contributed by atoms with Gasteiger partial charge in [-0.05, 0) is 74.1 Å². The normalized spacial score (nSPS) is 22.5. The molecular formula is C24H40BN5O5. The molecule has 0 bridgehead atoms. The molecule has 3 heterocycles. The molecule has 2 atom stereocenters. The predicted octanol–water partition coefficient (Wildman–Crippen LogP) is 2.34. The van der Waals surface area contributed by atoms with Crippen LogP contribution in [0.1, 0.15) is 68.2 Å². The number of nitrogens with one attached hydrogen (secondary N) is 2. The van der Waals surface area contributed by atoms with Gasteiger partial charge in [-0.3, -0.25) is 4.79 Å². The Bertz CT molecular complexity index is 887. The molecule has 0 aromatic carbocycles. The fourth-order valence-corrected chi connectivity index (χ4v) is 4.02. The van der Waals surface area contributed by atoms with Gasteiger partial charge in [-0.2, -0.15) is 0 Å². The van der Waals surface area contributed by atoms with Gasteiger partial charge >= 0.3 is 13.2 Å². The highest BCUT2D eigenvalue weighted by Crippen LogP contribution is 2.36. The lowest BCUT2D eigenvalue weighted by Crippen LogP contribution is -2.51. The number of piperidine rings is 1. The van der Waals surface area contributed by atoms with E-state index in [2.05, 4.69) is 20.6 Å². The van der Waals surface area contributed by atoms with Crippen molar-refractivity contribution in [3.8, 4) is 0 Å². The molecule has 2 aliphatic heterocycles. The molecule has 10 nitrogen and oxygen atoms in total. The van der Waals surface area contributed by atoms with Crippen molar-refractivity contribution < 1.29 is 23.6 Å². The first kappa shape index (κ1) is 27.2. The maximum Gasteiger partial charge on any atom is 0.498 e. The number of carbonyl (C=O) groups excluding carboxylic acids is 2. The van der Waals surface area contributed by atoms with Crippen molar-refractivity contribution in [3.63, 3.8) is 0 Å². The molecule has 0 spiro atoms. The molecule has 11 heteroatoms. The number of anilines is 1. The van der Waals surface area contributed by atoms with Crippen LogP contribution in [0, 0.1) is 5.92 Å².